The third-order valence-corrected chi connectivity index (χ3v) is 5.18. The van der Waals surface area contributed by atoms with Crippen LogP contribution in [0.2, 0.25) is 0 Å². The third-order valence-electron chi connectivity index (χ3n) is 5.18. The molecule has 2 unspecified atom stereocenters. The first-order valence-electron chi connectivity index (χ1n) is 9.23. The average Bonchev–Trinajstić information content (AvgIpc) is 3.45. The number of hydrogen-bond acceptors (Lipinski definition) is 4. The van der Waals surface area contributed by atoms with E-state index in [1.807, 2.05) is 30.3 Å². The number of nitrogens with one attached hydrogen (secondary N) is 2. The lowest BCUT2D eigenvalue weighted by Crippen LogP contribution is -2.31. The Labute approximate surface area is 148 Å². The van der Waals surface area contributed by atoms with E-state index >= 15 is 0 Å². The number of amides is 1. The monoisotopic (exact) mass is 339 g/mol. The Morgan fingerprint density at radius 3 is 2.80 bits per heavy atom. The van der Waals surface area contributed by atoms with Crippen LogP contribution < -0.4 is 10.6 Å². The summed E-state index contributed by atoms with van der Waals surface area (Å²) < 4.78 is 5.52. The molecule has 5 nitrogen and oxygen atoms in total. The van der Waals surface area contributed by atoms with E-state index in [1.165, 1.54) is 0 Å². The van der Waals surface area contributed by atoms with E-state index in [9.17, 15) is 4.79 Å². The van der Waals surface area contributed by atoms with Crippen LogP contribution >= 0.6 is 0 Å². The zero-order chi connectivity index (χ0) is 17.2. The molecule has 4 rings (SSSR count). The van der Waals surface area contributed by atoms with Gasteiger partial charge in [0.25, 0.3) is 5.91 Å². The molecule has 132 valence electrons. The van der Waals surface area contributed by atoms with Gasteiger partial charge in [-0.05, 0) is 50.7 Å². The molecule has 5 heteroatoms. The van der Waals surface area contributed by atoms with Gasteiger partial charge in [-0.1, -0.05) is 18.2 Å². The van der Waals surface area contributed by atoms with E-state index in [0.29, 0.717) is 23.8 Å². The van der Waals surface area contributed by atoms with Crippen molar-refractivity contribution in [3.8, 4) is 0 Å². The predicted molar refractivity (Wildman–Crippen MR) is 98.9 cm³/mol. The molecule has 1 aromatic carbocycles. The van der Waals surface area contributed by atoms with Gasteiger partial charge in [0.2, 0.25) is 0 Å². The largest absolute Gasteiger partial charge is 0.381 e. The molecule has 2 aromatic rings. The summed E-state index contributed by atoms with van der Waals surface area (Å²) in [4.78, 5) is 17.4. The minimum absolute atomic E-state index is 0.00237. The minimum atomic E-state index is 0.00237. The van der Waals surface area contributed by atoms with Gasteiger partial charge in [0, 0.05) is 24.6 Å². The lowest BCUT2D eigenvalue weighted by Gasteiger charge is -2.29. The van der Waals surface area contributed by atoms with Crippen molar-refractivity contribution in [3.05, 3.63) is 35.9 Å². The van der Waals surface area contributed by atoms with Crippen molar-refractivity contribution in [2.45, 2.75) is 56.7 Å². The zero-order valence-electron chi connectivity index (χ0n) is 14.6. The number of carbonyl (C=O) groups is 1. The van der Waals surface area contributed by atoms with E-state index in [-0.39, 0.29) is 5.91 Å². The Balaban J connectivity index is 1.61. The van der Waals surface area contributed by atoms with Crippen LogP contribution in [0.1, 0.15) is 48.9 Å². The van der Waals surface area contributed by atoms with Crippen molar-refractivity contribution >= 4 is 22.6 Å². The van der Waals surface area contributed by atoms with Gasteiger partial charge in [-0.15, -0.1) is 0 Å². The first-order valence-corrected chi connectivity index (χ1v) is 9.23. The summed E-state index contributed by atoms with van der Waals surface area (Å²) in [7, 11) is 1.78. The number of fused-ring (bicyclic) bond motifs is 1. The highest BCUT2D eigenvalue weighted by Crippen LogP contribution is 2.27. The lowest BCUT2D eigenvalue weighted by atomic mass is 9.93. The fourth-order valence-electron chi connectivity index (χ4n) is 3.63. The molecular weight excluding hydrogens is 314 g/mol. The van der Waals surface area contributed by atoms with Crippen LogP contribution in [-0.4, -0.2) is 36.2 Å². The Bertz CT molecular complexity index is 773. The lowest BCUT2D eigenvalue weighted by molar-refractivity contribution is 0.0669. The van der Waals surface area contributed by atoms with E-state index in [0.717, 1.165) is 55.2 Å². The second kappa shape index (κ2) is 7.00. The Kier molecular flexibility index (Phi) is 4.57. The van der Waals surface area contributed by atoms with E-state index in [1.54, 1.807) is 7.11 Å². The summed E-state index contributed by atoms with van der Waals surface area (Å²) in [6.07, 6.45) is 6.84. The fourth-order valence-corrected chi connectivity index (χ4v) is 3.63. The van der Waals surface area contributed by atoms with Crippen molar-refractivity contribution in [1.82, 2.24) is 10.3 Å². The Morgan fingerprint density at radius 2 is 2.00 bits per heavy atom. The van der Waals surface area contributed by atoms with Gasteiger partial charge in [-0.3, -0.25) is 4.79 Å². The van der Waals surface area contributed by atoms with Gasteiger partial charge < -0.3 is 15.4 Å². The third kappa shape index (κ3) is 3.76. The smallest absolute Gasteiger partial charge is 0.252 e. The SMILES string of the molecule is COC1CCCC(Nc2cc(C(=O)NC3CC3)c3ccccc3n2)C1. The summed E-state index contributed by atoms with van der Waals surface area (Å²) in [5.74, 6) is 0.781. The summed E-state index contributed by atoms with van der Waals surface area (Å²) in [5.41, 5.74) is 1.56. The van der Waals surface area contributed by atoms with Crippen molar-refractivity contribution < 1.29 is 9.53 Å². The maximum atomic E-state index is 12.7. The standard InChI is InChI=1S/C20H25N3O2/c1-25-15-6-4-5-14(11-15)21-19-12-17(20(24)22-13-9-10-13)16-7-2-3-8-18(16)23-19/h2-3,7-8,12-15H,4-6,9-11H2,1H3,(H,21,23)(H,22,24). The molecule has 0 radical (unpaired) electrons. The van der Waals surface area contributed by atoms with Gasteiger partial charge in [0.15, 0.2) is 0 Å². The van der Waals surface area contributed by atoms with Crippen LogP contribution in [0.25, 0.3) is 10.9 Å². The van der Waals surface area contributed by atoms with E-state index in [4.69, 9.17) is 9.72 Å². The number of pyridine rings is 1. The number of aromatic nitrogens is 1. The summed E-state index contributed by atoms with van der Waals surface area (Å²) in [6.45, 7) is 0. The molecule has 0 bridgehead atoms. The molecule has 2 fully saturated rings. The number of rotatable bonds is 5. The molecule has 1 aromatic heterocycles. The van der Waals surface area contributed by atoms with Crippen molar-refractivity contribution in [3.63, 3.8) is 0 Å². The molecule has 2 atom stereocenters. The second-order valence-electron chi connectivity index (χ2n) is 7.19. The molecule has 2 aliphatic carbocycles. The van der Waals surface area contributed by atoms with E-state index in [2.05, 4.69) is 10.6 Å². The van der Waals surface area contributed by atoms with Crippen LogP contribution in [-0.2, 0) is 4.74 Å². The molecule has 0 aliphatic heterocycles. The average molecular weight is 339 g/mol. The first kappa shape index (κ1) is 16.3. The van der Waals surface area contributed by atoms with Crippen LogP contribution in [0.15, 0.2) is 30.3 Å². The number of anilines is 1. The van der Waals surface area contributed by atoms with Crippen LogP contribution in [0.5, 0.6) is 0 Å². The molecule has 0 spiro atoms. The van der Waals surface area contributed by atoms with Gasteiger partial charge in [0.1, 0.15) is 5.82 Å². The molecule has 2 aliphatic rings. The summed E-state index contributed by atoms with van der Waals surface area (Å²) >= 11 is 0. The highest BCUT2D eigenvalue weighted by Gasteiger charge is 2.26. The quantitative estimate of drug-likeness (QED) is 0.875. The van der Waals surface area contributed by atoms with E-state index < -0.39 is 0 Å². The number of carbonyl (C=O) groups excluding carboxylic acids is 1. The molecule has 2 saturated carbocycles. The van der Waals surface area contributed by atoms with Crippen LogP contribution in [0, 0.1) is 0 Å². The minimum Gasteiger partial charge on any atom is -0.381 e. The Morgan fingerprint density at radius 1 is 1.16 bits per heavy atom. The van der Waals surface area contributed by atoms with Crippen LogP contribution in [0.4, 0.5) is 5.82 Å². The molecule has 1 heterocycles. The zero-order valence-corrected chi connectivity index (χ0v) is 14.6. The topological polar surface area (TPSA) is 63.2 Å². The molecule has 0 saturated heterocycles. The molecule has 1 amide bonds. The van der Waals surface area contributed by atoms with Gasteiger partial charge in [-0.25, -0.2) is 4.98 Å². The number of hydrogen-bond donors (Lipinski definition) is 2. The normalized spacial score (nSPS) is 23.4. The highest BCUT2D eigenvalue weighted by atomic mass is 16.5. The second-order valence-corrected chi connectivity index (χ2v) is 7.19. The van der Waals surface area contributed by atoms with Crippen molar-refractivity contribution in [2.24, 2.45) is 0 Å². The highest BCUT2D eigenvalue weighted by molar-refractivity contribution is 6.07. The number of para-hydroxylation sites is 1. The van der Waals surface area contributed by atoms with Gasteiger partial charge in [-0.2, -0.15) is 0 Å². The summed E-state index contributed by atoms with van der Waals surface area (Å²) in [6, 6.07) is 10.4. The van der Waals surface area contributed by atoms with Gasteiger partial charge >= 0.3 is 0 Å². The van der Waals surface area contributed by atoms with Gasteiger partial charge in [0.05, 0.1) is 17.2 Å². The molecule has 25 heavy (non-hydrogen) atoms. The molecule has 2 N–H and O–H groups in total. The maximum Gasteiger partial charge on any atom is 0.252 e. The number of nitrogens with zero attached hydrogens (tertiary/aromatic N) is 1. The molecular formula is C20H25N3O2. The number of benzene rings is 1. The summed E-state index contributed by atoms with van der Waals surface area (Å²) in [5, 5.41) is 7.53. The maximum absolute atomic E-state index is 12.7. The van der Waals surface area contributed by atoms with Crippen molar-refractivity contribution in [2.75, 3.05) is 12.4 Å². The first-order chi connectivity index (χ1) is 12.2. The van der Waals surface area contributed by atoms with Crippen LogP contribution in [0.3, 0.4) is 0 Å². The van der Waals surface area contributed by atoms with Crippen molar-refractivity contribution in [1.29, 1.82) is 0 Å². The number of ether oxygens (including phenoxy) is 1. The number of methoxy groups -OCH3 is 1. The predicted octanol–water partition coefficient (Wildman–Crippen LogP) is 3.50. The Hall–Kier alpha value is -2.14. The fraction of sp³-hybridized carbons (Fsp3) is 0.500.